The van der Waals surface area contributed by atoms with Crippen LogP contribution in [0, 0.1) is 0 Å². The number of hydrogen-bond acceptors (Lipinski definition) is 4. The van der Waals surface area contributed by atoms with E-state index in [0.717, 1.165) is 6.26 Å². The summed E-state index contributed by atoms with van der Waals surface area (Å²) in [6, 6.07) is 3.93. The highest BCUT2D eigenvalue weighted by Crippen LogP contribution is 2.22. The lowest BCUT2D eigenvalue weighted by Gasteiger charge is -2.09. The van der Waals surface area contributed by atoms with Crippen LogP contribution >= 0.6 is 0 Å². The maximum Gasteiger partial charge on any atom is 0.255 e. The van der Waals surface area contributed by atoms with E-state index in [4.69, 9.17) is 5.73 Å². The molecule has 1 rings (SSSR count). The third-order valence-corrected chi connectivity index (χ3v) is 3.01. The van der Waals surface area contributed by atoms with Crippen molar-refractivity contribution >= 4 is 21.2 Å². The van der Waals surface area contributed by atoms with Crippen LogP contribution in [-0.2, 0) is 9.84 Å². The van der Waals surface area contributed by atoms with Crippen LogP contribution in [-0.4, -0.2) is 27.6 Å². The van der Waals surface area contributed by atoms with Crippen LogP contribution in [0.3, 0.4) is 0 Å². The molecule has 0 saturated carbocycles. The van der Waals surface area contributed by atoms with Crippen LogP contribution in [0.4, 0.5) is 20.2 Å². The molecule has 0 unspecified atom stereocenters. The highest BCUT2D eigenvalue weighted by Gasteiger charge is 2.10. The summed E-state index contributed by atoms with van der Waals surface area (Å²) >= 11 is 0. The van der Waals surface area contributed by atoms with Crippen LogP contribution in [0.5, 0.6) is 0 Å². The molecule has 90 valence electrons. The molecule has 3 N–H and O–H groups in total. The monoisotopic (exact) mass is 250 g/mol. The van der Waals surface area contributed by atoms with E-state index in [1.165, 1.54) is 18.2 Å². The molecule has 0 amide bonds. The zero-order chi connectivity index (χ0) is 12.3. The SMILES string of the molecule is CS(=O)(=O)c1ccc(NCC(F)F)c(N)c1. The Bertz CT molecular complexity index is 474. The van der Waals surface area contributed by atoms with E-state index in [1.54, 1.807) is 0 Å². The van der Waals surface area contributed by atoms with E-state index in [9.17, 15) is 17.2 Å². The largest absolute Gasteiger partial charge is 0.397 e. The van der Waals surface area contributed by atoms with Gasteiger partial charge in [0.05, 0.1) is 22.8 Å². The molecule has 0 heterocycles. The Morgan fingerprint density at radius 2 is 2.06 bits per heavy atom. The topological polar surface area (TPSA) is 72.2 Å². The molecule has 0 aromatic heterocycles. The fraction of sp³-hybridized carbons (Fsp3) is 0.333. The van der Waals surface area contributed by atoms with Crippen molar-refractivity contribution in [3.63, 3.8) is 0 Å². The van der Waals surface area contributed by atoms with Gasteiger partial charge in [0.25, 0.3) is 6.43 Å². The van der Waals surface area contributed by atoms with Gasteiger partial charge in [0.15, 0.2) is 9.84 Å². The van der Waals surface area contributed by atoms with Crippen LogP contribution in [0.1, 0.15) is 0 Å². The van der Waals surface area contributed by atoms with Gasteiger partial charge in [0.1, 0.15) is 0 Å². The summed E-state index contributed by atoms with van der Waals surface area (Å²) < 4.78 is 46.2. The number of nitrogen functional groups attached to an aromatic ring is 1. The third-order valence-electron chi connectivity index (χ3n) is 1.90. The summed E-state index contributed by atoms with van der Waals surface area (Å²) in [5.74, 6) is 0. The van der Waals surface area contributed by atoms with Crippen molar-refractivity contribution in [2.24, 2.45) is 0 Å². The molecule has 0 aliphatic carbocycles. The van der Waals surface area contributed by atoms with Gasteiger partial charge in [-0.1, -0.05) is 0 Å². The molecular weight excluding hydrogens is 238 g/mol. The quantitative estimate of drug-likeness (QED) is 0.791. The minimum absolute atomic E-state index is 0.0626. The first-order valence-corrected chi connectivity index (χ1v) is 6.31. The Balaban J connectivity index is 2.92. The van der Waals surface area contributed by atoms with E-state index >= 15 is 0 Å². The average molecular weight is 250 g/mol. The molecule has 0 fully saturated rings. The molecule has 0 bridgehead atoms. The van der Waals surface area contributed by atoms with Gasteiger partial charge in [-0.25, -0.2) is 17.2 Å². The third kappa shape index (κ3) is 3.34. The van der Waals surface area contributed by atoms with Crippen LogP contribution in [0.25, 0.3) is 0 Å². The van der Waals surface area contributed by atoms with Crippen LogP contribution < -0.4 is 11.1 Å². The lowest BCUT2D eigenvalue weighted by atomic mass is 10.2. The number of alkyl halides is 2. The Kier molecular flexibility index (Phi) is 3.69. The summed E-state index contributed by atoms with van der Waals surface area (Å²) in [4.78, 5) is 0.0626. The number of anilines is 2. The summed E-state index contributed by atoms with van der Waals surface area (Å²) in [6.07, 6.45) is -1.44. The molecule has 16 heavy (non-hydrogen) atoms. The number of nitrogens with one attached hydrogen (secondary N) is 1. The first kappa shape index (κ1) is 12.7. The lowest BCUT2D eigenvalue weighted by molar-refractivity contribution is 0.163. The summed E-state index contributed by atoms with van der Waals surface area (Å²) in [7, 11) is -3.33. The number of benzene rings is 1. The normalized spacial score (nSPS) is 11.8. The van der Waals surface area contributed by atoms with Crippen LogP contribution in [0.2, 0.25) is 0 Å². The van der Waals surface area contributed by atoms with Crippen molar-refractivity contribution in [2.75, 3.05) is 23.9 Å². The van der Waals surface area contributed by atoms with Gasteiger partial charge >= 0.3 is 0 Å². The van der Waals surface area contributed by atoms with Gasteiger partial charge in [-0.15, -0.1) is 0 Å². The Labute approximate surface area is 92.4 Å². The molecule has 0 radical (unpaired) electrons. The summed E-state index contributed by atoms with van der Waals surface area (Å²) in [5.41, 5.74) is 5.96. The molecule has 0 spiro atoms. The summed E-state index contributed by atoms with van der Waals surface area (Å²) in [5, 5.41) is 2.42. The first-order valence-electron chi connectivity index (χ1n) is 4.42. The second-order valence-electron chi connectivity index (χ2n) is 3.29. The van der Waals surface area contributed by atoms with Gasteiger partial charge in [0.2, 0.25) is 0 Å². The number of nitrogens with two attached hydrogens (primary N) is 1. The van der Waals surface area contributed by atoms with Gasteiger partial charge < -0.3 is 11.1 Å². The molecule has 0 atom stereocenters. The molecule has 0 saturated heterocycles. The van der Waals surface area contributed by atoms with Gasteiger partial charge in [-0.05, 0) is 18.2 Å². The molecule has 7 heteroatoms. The smallest absolute Gasteiger partial charge is 0.255 e. The van der Waals surface area contributed by atoms with Gasteiger partial charge in [0, 0.05) is 6.26 Å². The minimum Gasteiger partial charge on any atom is -0.397 e. The maximum absolute atomic E-state index is 11.9. The molecule has 1 aromatic carbocycles. The first-order chi connectivity index (χ1) is 7.30. The predicted molar refractivity (Wildman–Crippen MR) is 58.5 cm³/mol. The van der Waals surface area contributed by atoms with E-state index in [-0.39, 0.29) is 10.6 Å². The fourth-order valence-electron chi connectivity index (χ4n) is 1.12. The van der Waals surface area contributed by atoms with E-state index in [2.05, 4.69) is 5.32 Å². The highest BCUT2D eigenvalue weighted by molar-refractivity contribution is 7.90. The fourth-order valence-corrected chi connectivity index (χ4v) is 1.78. The maximum atomic E-state index is 11.9. The second kappa shape index (κ2) is 4.65. The van der Waals surface area contributed by atoms with Crippen molar-refractivity contribution < 1.29 is 17.2 Å². The molecular formula is C9H12F2N2O2S. The van der Waals surface area contributed by atoms with Gasteiger partial charge in [-0.2, -0.15) is 0 Å². The van der Waals surface area contributed by atoms with Gasteiger partial charge in [-0.3, -0.25) is 0 Å². The Morgan fingerprint density at radius 1 is 1.44 bits per heavy atom. The Morgan fingerprint density at radius 3 is 2.50 bits per heavy atom. The lowest BCUT2D eigenvalue weighted by Crippen LogP contribution is -2.12. The predicted octanol–water partition coefficient (Wildman–Crippen LogP) is 1.35. The Hall–Kier alpha value is -1.37. The zero-order valence-electron chi connectivity index (χ0n) is 8.57. The van der Waals surface area contributed by atoms with E-state index in [1.807, 2.05) is 0 Å². The molecule has 0 aliphatic heterocycles. The van der Waals surface area contributed by atoms with Crippen molar-refractivity contribution in [2.45, 2.75) is 11.3 Å². The van der Waals surface area contributed by atoms with Crippen molar-refractivity contribution in [3.8, 4) is 0 Å². The number of rotatable bonds is 4. The minimum atomic E-state index is -3.33. The molecule has 0 aliphatic rings. The van der Waals surface area contributed by atoms with E-state index < -0.39 is 22.8 Å². The zero-order valence-corrected chi connectivity index (χ0v) is 9.39. The number of halogens is 2. The second-order valence-corrected chi connectivity index (χ2v) is 5.31. The van der Waals surface area contributed by atoms with Crippen molar-refractivity contribution in [3.05, 3.63) is 18.2 Å². The number of sulfone groups is 1. The van der Waals surface area contributed by atoms with Crippen LogP contribution in [0.15, 0.2) is 23.1 Å². The molecule has 4 nitrogen and oxygen atoms in total. The van der Waals surface area contributed by atoms with E-state index in [0.29, 0.717) is 5.69 Å². The standard InChI is InChI=1S/C9H12F2N2O2S/c1-16(14,15)6-2-3-8(7(12)4-6)13-5-9(10)11/h2-4,9,13H,5,12H2,1H3. The van der Waals surface area contributed by atoms with Crippen molar-refractivity contribution in [1.82, 2.24) is 0 Å². The van der Waals surface area contributed by atoms with Crippen molar-refractivity contribution in [1.29, 1.82) is 0 Å². The highest BCUT2D eigenvalue weighted by atomic mass is 32.2. The average Bonchev–Trinajstić information content (AvgIpc) is 2.14. The number of hydrogen-bond donors (Lipinski definition) is 2. The molecule has 1 aromatic rings. The summed E-state index contributed by atoms with van der Waals surface area (Å²) in [6.45, 7) is -0.525.